The highest BCUT2D eigenvalue weighted by molar-refractivity contribution is 5.98. The van der Waals surface area contributed by atoms with E-state index in [0.29, 0.717) is 26.3 Å². The van der Waals surface area contributed by atoms with E-state index in [9.17, 15) is 9.59 Å². The molecule has 0 N–H and O–H groups in total. The Morgan fingerprint density at radius 1 is 1.04 bits per heavy atom. The molecule has 3 heterocycles. The largest absolute Gasteiger partial charge is 0.378 e. The van der Waals surface area contributed by atoms with Crippen LogP contribution in [0, 0.1) is 5.92 Å². The van der Waals surface area contributed by atoms with Crippen LogP contribution in [0.1, 0.15) is 25.3 Å². The predicted molar refractivity (Wildman–Crippen MR) is 104 cm³/mol. The van der Waals surface area contributed by atoms with Gasteiger partial charge in [0.2, 0.25) is 11.8 Å². The summed E-state index contributed by atoms with van der Waals surface area (Å²) in [7, 11) is 0. The zero-order chi connectivity index (χ0) is 18.8. The Labute approximate surface area is 161 Å². The average molecular weight is 371 g/mol. The predicted octanol–water partition coefficient (Wildman–Crippen LogP) is 1.53. The van der Waals surface area contributed by atoms with Gasteiger partial charge in [-0.3, -0.25) is 14.5 Å². The van der Waals surface area contributed by atoms with Crippen molar-refractivity contribution in [2.75, 3.05) is 50.8 Å². The van der Waals surface area contributed by atoms with Crippen molar-refractivity contribution in [1.29, 1.82) is 0 Å². The highest BCUT2D eigenvalue weighted by Gasteiger charge is 2.35. The normalized spacial score (nSPS) is 22.6. The van der Waals surface area contributed by atoms with Crippen molar-refractivity contribution in [3.63, 3.8) is 0 Å². The van der Waals surface area contributed by atoms with E-state index in [4.69, 9.17) is 4.74 Å². The number of hydrogen-bond acceptors (Lipinski definition) is 4. The summed E-state index contributed by atoms with van der Waals surface area (Å²) >= 11 is 0. The Balaban J connectivity index is 1.33. The fourth-order valence-corrected chi connectivity index (χ4v) is 4.52. The second kappa shape index (κ2) is 7.98. The molecule has 3 aliphatic heterocycles. The minimum absolute atomic E-state index is 0.0918. The Morgan fingerprint density at radius 2 is 1.74 bits per heavy atom. The maximum absolute atomic E-state index is 13.1. The van der Waals surface area contributed by atoms with Gasteiger partial charge in [0.1, 0.15) is 0 Å². The molecule has 3 aliphatic rings. The second-order valence-electron chi connectivity index (χ2n) is 7.79. The number of likely N-dealkylation sites (tertiary alicyclic amines) is 1. The van der Waals surface area contributed by atoms with Crippen LogP contribution in [0.2, 0.25) is 0 Å². The van der Waals surface area contributed by atoms with Gasteiger partial charge in [-0.15, -0.1) is 0 Å². The maximum atomic E-state index is 13.1. The molecule has 0 bridgehead atoms. The molecule has 6 nitrogen and oxygen atoms in total. The zero-order valence-electron chi connectivity index (χ0n) is 16.1. The van der Waals surface area contributed by atoms with E-state index in [-0.39, 0.29) is 23.8 Å². The summed E-state index contributed by atoms with van der Waals surface area (Å²) in [6, 6.07) is 8.04. The van der Waals surface area contributed by atoms with Gasteiger partial charge in [0.25, 0.3) is 0 Å². The number of benzene rings is 1. The van der Waals surface area contributed by atoms with E-state index in [1.54, 1.807) is 0 Å². The summed E-state index contributed by atoms with van der Waals surface area (Å²) < 4.78 is 5.34. The van der Waals surface area contributed by atoms with Gasteiger partial charge in [-0.25, -0.2) is 0 Å². The molecule has 0 saturated carbocycles. The molecule has 146 valence electrons. The molecule has 27 heavy (non-hydrogen) atoms. The molecule has 2 saturated heterocycles. The lowest BCUT2D eigenvalue weighted by Crippen LogP contribution is -2.51. The number of para-hydroxylation sites is 1. The number of rotatable bonds is 3. The number of ether oxygens (including phenoxy) is 1. The Hall–Kier alpha value is -1.92. The molecule has 0 aromatic heterocycles. The number of piperidine rings is 1. The van der Waals surface area contributed by atoms with Gasteiger partial charge >= 0.3 is 0 Å². The molecule has 0 aliphatic carbocycles. The zero-order valence-corrected chi connectivity index (χ0v) is 16.1. The quantitative estimate of drug-likeness (QED) is 0.809. The highest BCUT2D eigenvalue weighted by Crippen LogP contribution is 2.29. The van der Waals surface area contributed by atoms with Crippen LogP contribution in [-0.2, 0) is 20.7 Å². The number of anilines is 1. The molecule has 2 fully saturated rings. The van der Waals surface area contributed by atoms with E-state index in [1.165, 1.54) is 5.56 Å². The minimum Gasteiger partial charge on any atom is -0.378 e. The van der Waals surface area contributed by atoms with Crippen LogP contribution in [0.25, 0.3) is 0 Å². The summed E-state index contributed by atoms with van der Waals surface area (Å²) in [5.74, 6) is 0.539. The smallest absolute Gasteiger partial charge is 0.244 e. The van der Waals surface area contributed by atoms with E-state index in [0.717, 1.165) is 44.6 Å². The van der Waals surface area contributed by atoms with Gasteiger partial charge in [0, 0.05) is 31.2 Å². The number of hydrogen-bond donors (Lipinski definition) is 0. The lowest BCUT2D eigenvalue weighted by atomic mass is 9.94. The number of morpholine rings is 1. The van der Waals surface area contributed by atoms with Crippen LogP contribution in [0.4, 0.5) is 5.69 Å². The van der Waals surface area contributed by atoms with Gasteiger partial charge < -0.3 is 14.5 Å². The van der Waals surface area contributed by atoms with Crippen molar-refractivity contribution >= 4 is 17.5 Å². The van der Waals surface area contributed by atoms with Crippen molar-refractivity contribution in [3.8, 4) is 0 Å². The van der Waals surface area contributed by atoms with Crippen molar-refractivity contribution in [1.82, 2.24) is 9.80 Å². The summed E-state index contributed by atoms with van der Waals surface area (Å²) in [4.78, 5) is 31.9. The molecule has 1 unspecified atom stereocenters. The van der Waals surface area contributed by atoms with Gasteiger partial charge in [0.05, 0.1) is 19.3 Å². The standard InChI is InChI=1S/C21H29N3O3/c1-16(20(25)24-11-8-17-4-2-3-5-19(17)24)22-9-6-18(7-10-22)21(26)23-12-14-27-15-13-23/h2-5,16,18H,6-15H2,1H3. The summed E-state index contributed by atoms with van der Waals surface area (Å²) in [5, 5.41) is 0. The number of carbonyl (C=O) groups is 2. The molecular weight excluding hydrogens is 342 g/mol. The third-order valence-corrected chi connectivity index (χ3v) is 6.26. The van der Waals surface area contributed by atoms with Crippen molar-refractivity contribution in [2.45, 2.75) is 32.2 Å². The fourth-order valence-electron chi connectivity index (χ4n) is 4.52. The first kappa shape index (κ1) is 18.4. The fraction of sp³-hybridized carbons (Fsp3) is 0.619. The van der Waals surface area contributed by atoms with E-state index >= 15 is 0 Å². The first-order valence-electron chi connectivity index (χ1n) is 10.1. The molecular formula is C21H29N3O3. The number of carbonyl (C=O) groups excluding carboxylic acids is 2. The van der Waals surface area contributed by atoms with Gasteiger partial charge in [-0.2, -0.15) is 0 Å². The molecule has 1 atom stereocenters. The van der Waals surface area contributed by atoms with Crippen molar-refractivity contribution in [2.24, 2.45) is 5.92 Å². The van der Waals surface area contributed by atoms with Crippen LogP contribution < -0.4 is 4.90 Å². The van der Waals surface area contributed by atoms with Crippen LogP contribution in [0.15, 0.2) is 24.3 Å². The third-order valence-electron chi connectivity index (χ3n) is 6.26. The summed E-state index contributed by atoms with van der Waals surface area (Å²) in [6.07, 6.45) is 2.61. The highest BCUT2D eigenvalue weighted by atomic mass is 16.5. The van der Waals surface area contributed by atoms with E-state index < -0.39 is 0 Å². The Morgan fingerprint density at radius 3 is 2.48 bits per heavy atom. The monoisotopic (exact) mass is 371 g/mol. The molecule has 1 aromatic carbocycles. The van der Waals surface area contributed by atoms with Gasteiger partial charge in [-0.1, -0.05) is 18.2 Å². The maximum Gasteiger partial charge on any atom is 0.244 e. The number of nitrogens with zero attached hydrogens (tertiary/aromatic N) is 3. The minimum atomic E-state index is -0.143. The van der Waals surface area contributed by atoms with Crippen LogP contribution >= 0.6 is 0 Å². The number of fused-ring (bicyclic) bond motifs is 1. The summed E-state index contributed by atoms with van der Waals surface area (Å²) in [5.41, 5.74) is 2.32. The lowest BCUT2D eigenvalue weighted by Gasteiger charge is -2.38. The Bertz CT molecular complexity index is 694. The van der Waals surface area contributed by atoms with Gasteiger partial charge in [-0.05, 0) is 50.9 Å². The van der Waals surface area contributed by atoms with Crippen LogP contribution in [0.3, 0.4) is 0 Å². The SMILES string of the molecule is CC(C(=O)N1CCc2ccccc21)N1CCC(C(=O)N2CCOCC2)CC1. The Kier molecular flexibility index (Phi) is 5.45. The molecule has 2 amide bonds. The molecule has 0 radical (unpaired) electrons. The van der Waals surface area contributed by atoms with Crippen LogP contribution in [-0.4, -0.2) is 73.6 Å². The van der Waals surface area contributed by atoms with Crippen molar-refractivity contribution in [3.05, 3.63) is 29.8 Å². The van der Waals surface area contributed by atoms with E-state index in [2.05, 4.69) is 11.0 Å². The molecule has 6 heteroatoms. The lowest BCUT2D eigenvalue weighted by molar-refractivity contribution is -0.141. The first-order valence-corrected chi connectivity index (χ1v) is 10.1. The summed E-state index contributed by atoms with van der Waals surface area (Å²) in [6.45, 7) is 7.11. The molecule has 0 spiro atoms. The van der Waals surface area contributed by atoms with E-state index in [1.807, 2.05) is 34.9 Å². The average Bonchev–Trinajstić information content (AvgIpc) is 3.17. The first-order chi connectivity index (χ1) is 13.1. The topological polar surface area (TPSA) is 53.1 Å². The second-order valence-corrected chi connectivity index (χ2v) is 7.79. The third kappa shape index (κ3) is 3.73. The number of amides is 2. The van der Waals surface area contributed by atoms with Crippen LogP contribution in [0.5, 0.6) is 0 Å². The molecule has 1 aromatic rings. The van der Waals surface area contributed by atoms with Crippen molar-refractivity contribution < 1.29 is 14.3 Å². The van der Waals surface area contributed by atoms with Gasteiger partial charge in [0.15, 0.2) is 0 Å². The molecule has 4 rings (SSSR count).